The molecular weight excluding hydrogens is 304 g/mol. The molecule has 0 aliphatic rings. The highest BCUT2D eigenvalue weighted by Gasteiger charge is 2.02. The number of carbonyl (C=O) groups excluding carboxylic acids is 3. The fourth-order valence-electron chi connectivity index (χ4n) is 1.53. The average molecular weight is 332 g/mol. The molecule has 0 rings (SSSR count). The summed E-state index contributed by atoms with van der Waals surface area (Å²) in [6.07, 6.45) is 1.19. The number of methoxy groups -OCH3 is 1. The Morgan fingerprint density at radius 3 is 1.96 bits per heavy atom. The van der Waals surface area contributed by atoms with Gasteiger partial charge in [0.05, 0.1) is 26.4 Å². The lowest BCUT2D eigenvalue weighted by molar-refractivity contribution is -0.125. The van der Waals surface area contributed by atoms with Gasteiger partial charge in [-0.15, -0.1) is 0 Å². The highest BCUT2D eigenvalue weighted by atomic mass is 16.5. The molecule has 0 bridgehead atoms. The van der Waals surface area contributed by atoms with E-state index in [1.807, 2.05) is 6.92 Å². The molecule has 0 atom stereocenters. The van der Waals surface area contributed by atoms with Gasteiger partial charge in [0, 0.05) is 39.5 Å². The highest BCUT2D eigenvalue weighted by molar-refractivity contribution is 5.78. The maximum Gasteiger partial charge on any atom is 0.246 e. The minimum atomic E-state index is -0.200. The van der Waals surface area contributed by atoms with Crippen molar-refractivity contribution >= 4 is 17.6 Å². The number of hydrogen-bond donors (Lipinski definition) is 2. The van der Waals surface area contributed by atoms with Crippen LogP contribution in [0, 0.1) is 0 Å². The number of ether oxygens (including phenoxy) is 3. The first kappa shape index (κ1) is 21.5. The van der Waals surface area contributed by atoms with Crippen LogP contribution in [0.25, 0.3) is 0 Å². The maximum atomic E-state index is 11.5. The molecule has 0 aromatic heterocycles. The first-order valence-electron chi connectivity index (χ1n) is 7.79. The average Bonchev–Trinajstić information content (AvgIpc) is 2.53. The molecule has 0 fully saturated rings. The van der Waals surface area contributed by atoms with Crippen molar-refractivity contribution in [2.75, 3.05) is 53.2 Å². The van der Waals surface area contributed by atoms with E-state index in [0.29, 0.717) is 45.8 Å². The highest BCUT2D eigenvalue weighted by Crippen LogP contribution is 1.89. The molecule has 0 aliphatic carbocycles. The van der Waals surface area contributed by atoms with Crippen LogP contribution in [0.5, 0.6) is 0 Å². The Hall–Kier alpha value is -1.51. The number of nitrogens with one attached hydrogen (secondary N) is 2. The second-order valence-corrected chi connectivity index (χ2v) is 4.75. The first-order chi connectivity index (χ1) is 11.1. The maximum absolute atomic E-state index is 11.5. The molecular formula is C15H28N2O6. The van der Waals surface area contributed by atoms with Gasteiger partial charge >= 0.3 is 0 Å². The summed E-state index contributed by atoms with van der Waals surface area (Å²) in [5.74, 6) is -0.152. The van der Waals surface area contributed by atoms with Gasteiger partial charge in [-0.25, -0.2) is 0 Å². The molecule has 2 N–H and O–H groups in total. The van der Waals surface area contributed by atoms with Crippen LogP contribution < -0.4 is 10.6 Å². The predicted molar refractivity (Wildman–Crippen MR) is 84.1 cm³/mol. The molecule has 0 saturated heterocycles. The molecule has 0 aromatic carbocycles. The summed E-state index contributed by atoms with van der Waals surface area (Å²) < 4.78 is 15.1. The Labute approximate surface area is 137 Å². The second-order valence-electron chi connectivity index (χ2n) is 4.75. The lowest BCUT2D eigenvalue weighted by Crippen LogP contribution is -2.31. The van der Waals surface area contributed by atoms with Crippen LogP contribution >= 0.6 is 0 Å². The van der Waals surface area contributed by atoms with E-state index in [1.165, 1.54) is 7.11 Å². The zero-order chi connectivity index (χ0) is 17.3. The monoisotopic (exact) mass is 332 g/mol. The van der Waals surface area contributed by atoms with E-state index in [4.69, 9.17) is 9.47 Å². The third-order valence-corrected chi connectivity index (χ3v) is 2.81. The summed E-state index contributed by atoms with van der Waals surface area (Å²) in [4.78, 5) is 33.5. The van der Waals surface area contributed by atoms with Crippen LogP contribution in [-0.2, 0) is 28.6 Å². The molecule has 0 unspecified atom stereocenters. The van der Waals surface area contributed by atoms with Crippen molar-refractivity contribution < 1.29 is 28.6 Å². The third kappa shape index (κ3) is 15.2. The van der Waals surface area contributed by atoms with Gasteiger partial charge in [0.15, 0.2) is 0 Å². The van der Waals surface area contributed by atoms with Crippen LogP contribution in [0.15, 0.2) is 0 Å². The Morgan fingerprint density at radius 1 is 0.826 bits per heavy atom. The van der Waals surface area contributed by atoms with Gasteiger partial charge in [-0.3, -0.25) is 14.4 Å². The van der Waals surface area contributed by atoms with Gasteiger partial charge < -0.3 is 24.8 Å². The summed E-state index contributed by atoms with van der Waals surface area (Å²) in [7, 11) is 1.45. The van der Waals surface area contributed by atoms with Crippen molar-refractivity contribution in [3.63, 3.8) is 0 Å². The standard InChI is InChI=1S/C15H28N2O6/c1-3-13(18)4-8-22-10-6-16-14(19)5-9-23-11-7-17-15(20)12-21-2/h3-12H2,1-2H3,(H,16,19)(H,17,20). The van der Waals surface area contributed by atoms with E-state index in [2.05, 4.69) is 15.4 Å². The minimum Gasteiger partial charge on any atom is -0.379 e. The van der Waals surface area contributed by atoms with Crippen LogP contribution in [0.1, 0.15) is 26.2 Å². The molecule has 0 aromatic rings. The van der Waals surface area contributed by atoms with E-state index < -0.39 is 0 Å². The van der Waals surface area contributed by atoms with Gasteiger partial charge in [-0.2, -0.15) is 0 Å². The second kappa shape index (κ2) is 15.4. The summed E-state index contributed by atoms with van der Waals surface area (Å²) in [5, 5.41) is 5.30. The fourth-order valence-corrected chi connectivity index (χ4v) is 1.53. The van der Waals surface area contributed by atoms with E-state index in [0.717, 1.165) is 0 Å². The topological polar surface area (TPSA) is 103 Å². The SMILES string of the molecule is CCC(=O)CCOCCNC(=O)CCOCCNC(=O)COC. The van der Waals surface area contributed by atoms with Crippen molar-refractivity contribution in [1.82, 2.24) is 10.6 Å². The van der Waals surface area contributed by atoms with E-state index >= 15 is 0 Å². The van der Waals surface area contributed by atoms with Crippen molar-refractivity contribution in [2.24, 2.45) is 0 Å². The Kier molecular flexibility index (Phi) is 14.4. The van der Waals surface area contributed by atoms with Crippen molar-refractivity contribution in [3.05, 3.63) is 0 Å². The van der Waals surface area contributed by atoms with Gasteiger partial charge in [0.25, 0.3) is 0 Å². The van der Waals surface area contributed by atoms with Crippen molar-refractivity contribution in [3.8, 4) is 0 Å². The van der Waals surface area contributed by atoms with Crippen molar-refractivity contribution in [1.29, 1.82) is 0 Å². The smallest absolute Gasteiger partial charge is 0.246 e. The quantitative estimate of drug-likeness (QED) is 0.398. The van der Waals surface area contributed by atoms with Crippen LogP contribution in [-0.4, -0.2) is 70.8 Å². The molecule has 23 heavy (non-hydrogen) atoms. The molecule has 8 nitrogen and oxygen atoms in total. The normalized spacial score (nSPS) is 10.3. The Morgan fingerprint density at radius 2 is 1.39 bits per heavy atom. The number of ketones is 1. The lowest BCUT2D eigenvalue weighted by Gasteiger charge is -2.07. The largest absolute Gasteiger partial charge is 0.379 e. The lowest BCUT2D eigenvalue weighted by atomic mass is 10.2. The molecule has 134 valence electrons. The van der Waals surface area contributed by atoms with Crippen molar-refractivity contribution in [2.45, 2.75) is 26.2 Å². The molecule has 0 spiro atoms. The molecule has 8 heteroatoms. The predicted octanol–water partition coefficient (Wildman–Crippen LogP) is -0.342. The first-order valence-corrected chi connectivity index (χ1v) is 7.79. The van der Waals surface area contributed by atoms with Gasteiger partial charge in [-0.1, -0.05) is 6.92 Å². The number of carbonyl (C=O) groups is 3. The number of Topliss-reactive ketones (excluding diaryl/α,β-unsaturated/α-hetero) is 1. The zero-order valence-electron chi connectivity index (χ0n) is 14.0. The molecule has 0 radical (unpaired) electrons. The molecule has 0 saturated carbocycles. The van der Waals surface area contributed by atoms with E-state index in [-0.39, 0.29) is 37.2 Å². The third-order valence-electron chi connectivity index (χ3n) is 2.81. The van der Waals surface area contributed by atoms with Gasteiger partial charge in [-0.05, 0) is 0 Å². The van der Waals surface area contributed by atoms with Crippen LogP contribution in [0.2, 0.25) is 0 Å². The Balaban J connectivity index is 3.31. The molecule has 0 heterocycles. The summed E-state index contributed by atoms with van der Waals surface area (Å²) in [6.45, 7) is 4.04. The molecule has 0 aliphatic heterocycles. The number of hydrogen-bond acceptors (Lipinski definition) is 6. The summed E-state index contributed by atoms with van der Waals surface area (Å²) >= 11 is 0. The summed E-state index contributed by atoms with van der Waals surface area (Å²) in [6, 6.07) is 0. The van der Waals surface area contributed by atoms with Crippen LogP contribution in [0.4, 0.5) is 0 Å². The van der Waals surface area contributed by atoms with Gasteiger partial charge in [0.2, 0.25) is 11.8 Å². The summed E-state index contributed by atoms with van der Waals surface area (Å²) in [5.41, 5.74) is 0. The zero-order valence-corrected chi connectivity index (χ0v) is 14.0. The van der Waals surface area contributed by atoms with Crippen LogP contribution in [0.3, 0.4) is 0 Å². The number of rotatable bonds is 15. The van der Waals surface area contributed by atoms with E-state index in [9.17, 15) is 14.4 Å². The fraction of sp³-hybridized carbons (Fsp3) is 0.800. The number of amides is 2. The molecule has 2 amide bonds. The van der Waals surface area contributed by atoms with E-state index in [1.54, 1.807) is 0 Å². The minimum absolute atomic E-state index is 0.0249. The van der Waals surface area contributed by atoms with Gasteiger partial charge in [0.1, 0.15) is 12.4 Å². The Bertz CT molecular complexity index is 349.